The van der Waals surface area contributed by atoms with Gasteiger partial charge in [-0.2, -0.15) is 0 Å². The van der Waals surface area contributed by atoms with Gasteiger partial charge in [0.15, 0.2) is 10.9 Å². The average molecular weight is 507 g/mol. The fourth-order valence-corrected chi connectivity index (χ4v) is 6.75. The molecule has 0 spiro atoms. The first-order chi connectivity index (χ1) is 17.0. The van der Waals surface area contributed by atoms with Gasteiger partial charge in [-0.3, -0.25) is 14.2 Å². The molecule has 1 atom stereocenters. The van der Waals surface area contributed by atoms with Gasteiger partial charge >= 0.3 is 0 Å². The van der Waals surface area contributed by atoms with Crippen LogP contribution >= 0.6 is 23.1 Å². The van der Waals surface area contributed by atoms with Gasteiger partial charge in [-0.05, 0) is 79.3 Å². The van der Waals surface area contributed by atoms with Crippen LogP contribution in [0.5, 0.6) is 11.5 Å². The van der Waals surface area contributed by atoms with E-state index in [0.29, 0.717) is 33.8 Å². The highest BCUT2D eigenvalue weighted by atomic mass is 32.2. The molecular formula is C27H26N2O4S2. The number of ether oxygens (including phenoxy) is 2. The average Bonchev–Trinajstić information content (AvgIpc) is 3.25. The first-order valence-corrected chi connectivity index (χ1v) is 13.3. The largest absolute Gasteiger partial charge is 0.497 e. The van der Waals surface area contributed by atoms with Crippen LogP contribution in [0.4, 0.5) is 0 Å². The molecule has 2 heterocycles. The predicted molar refractivity (Wildman–Crippen MR) is 141 cm³/mol. The summed E-state index contributed by atoms with van der Waals surface area (Å²) in [6.45, 7) is 2.25. The van der Waals surface area contributed by atoms with E-state index >= 15 is 0 Å². The van der Waals surface area contributed by atoms with Gasteiger partial charge in [0.1, 0.15) is 16.3 Å². The summed E-state index contributed by atoms with van der Waals surface area (Å²) in [6.07, 6.45) is 2.96. The molecule has 0 fully saturated rings. The molecule has 180 valence electrons. The number of carbonyl (C=O) groups excluding carboxylic acids is 1. The highest BCUT2D eigenvalue weighted by Gasteiger charge is 2.25. The number of aromatic nitrogens is 2. The number of thioether (sulfide) groups is 1. The second-order valence-corrected chi connectivity index (χ2v) is 10.7. The Kier molecular flexibility index (Phi) is 6.67. The molecule has 2 aromatic carbocycles. The van der Waals surface area contributed by atoms with E-state index < -0.39 is 0 Å². The van der Waals surface area contributed by atoms with Crippen molar-refractivity contribution >= 4 is 39.1 Å². The number of ketones is 1. The molecule has 0 saturated carbocycles. The fraction of sp³-hybridized carbons (Fsp3) is 0.296. The molecule has 0 N–H and O–H groups in total. The van der Waals surface area contributed by atoms with E-state index in [1.807, 2.05) is 24.3 Å². The van der Waals surface area contributed by atoms with Crippen LogP contribution in [0.25, 0.3) is 15.9 Å². The number of carbonyl (C=O) groups is 1. The Morgan fingerprint density at radius 2 is 1.74 bits per heavy atom. The summed E-state index contributed by atoms with van der Waals surface area (Å²) in [5, 5.41) is 1.24. The standard InChI is InChI=1S/C27H26N2O4S2/c1-16-4-13-21-23(14-16)35-25-24(21)26(31)29(18-7-11-20(33-3)12-8-18)27(28-25)34-15-22(30)17-5-9-19(32-2)10-6-17/h5-12,16H,4,13-15H2,1-3H3. The zero-order chi connectivity index (χ0) is 24.5. The van der Waals surface area contributed by atoms with Gasteiger partial charge in [0.2, 0.25) is 0 Å². The van der Waals surface area contributed by atoms with E-state index in [1.165, 1.54) is 16.6 Å². The minimum atomic E-state index is -0.0772. The number of aryl methyl sites for hydroxylation is 1. The second-order valence-electron chi connectivity index (χ2n) is 8.71. The highest BCUT2D eigenvalue weighted by Crippen LogP contribution is 2.37. The molecule has 1 aliphatic carbocycles. The van der Waals surface area contributed by atoms with Gasteiger partial charge in [0, 0.05) is 10.4 Å². The molecule has 0 saturated heterocycles. The van der Waals surface area contributed by atoms with Crippen LogP contribution in [-0.4, -0.2) is 35.3 Å². The third kappa shape index (κ3) is 4.60. The predicted octanol–water partition coefficient (Wildman–Crippen LogP) is 5.56. The lowest BCUT2D eigenvalue weighted by molar-refractivity contribution is 0.102. The first-order valence-electron chi connectivity index (χ1n) is 11.5. The third-order valence-corrected chi connectivity index (χ3v) is 8.46. The number of rotatable bonds is 7. The van der Waals surface area contributed by atoms with Gasteiger partial charge in [0.25, 0.3) is 5.56 Å². The molecule has 0 bridgehead atoms. The van der Waals surface area contributed by atoms with Crippen LogP contribution in [-0.2, 0) is 12.8 Å². The van der Waals surface area contributed by atoms with Gasteiger partial charge in [-0.15, -0.1) is 11.3 Å². The summed E-state index contributed by atoms with van der Waals surface area (Å²) in [6, 6.07) is 14.4. The smallest absolute Gasteiger partial charge is 0.267 e. The highest BCUT2D eigenvalue weighted by molar-refractivity contribution is 7.99. The Hall–Kier alpha value is -3.10. The van der Waals surface area contributed by atoms with Crippen LogP contribution in [0.3, 0.4) is 0 Å². The molecule has 5 rings (SSSR count). The van der Waals surface area contributed by atoms with Crippen molar-refractivity contribution in [3.05, 3.63) is 74.9 Å². The second kappa shape index (κ2) is 9.87. The number of benzene rings is 2. The number of thiophene rings is 1. The van der Waals surface area contributed by atoms with Crippen molar-refractivity contribution in [2.24, 2.45) is 5.92 Å². The molecule has 0 amide bonds. The summed E-state index contributed by atoms with van der Waals surface area (Å²) in [7, 11) is 3.20. The lowest BCUT2D eigenvalue weighted by atomic mass is 9.89. The van der Waals surface area contributed by atoms with Crippen molar-refractivity contribution in [1.29, 1.82) is 0 Å². The maximum absolute atomic E-state index is 13.9. The van der Waals surface area contributed by atoms with Crippen LogP contribution < -0.4 is 15.0 Å². The van der Waals surface area contributed by atoms with Crippen molar-refractivity contribution in [2.45, 2.75) is 31.3 Å². The monoisotopic (exact) mass is 506 g/mol. The van der Waals surface area contributed by atoms with Crippen molar-refractivity contribution in [3.63, 3.8) is 0 Å². The lowest BCUT2D eigenvalue weighted by Gasteiger charge is -2.18. The maximum atomic E-state index is 13.9. The normalized spacial score (nSPS) is 15.1. The number of hydrogen-bond acceptors (Lipinski definition) is 7. The lowest BCUT2D eigenvalue weighted by Crippen LogP contribution is -2.23. The molecule has 4 aromatic rings. The van der Waals surface area contributed by atoms with Gasteiger partial charge < -0.3 is 9.47 Å². The van der Waals surface area contributed by atoms with Gasteiger partial charge in [-0.25, -0.2) is 4.98 Å². The van der Waals surface area contributed by atoms with E-state index in [-0.39, 0.29) is 17.1 Å². The molecule has 8 heteroatoms. The van der Waals surface area contributed by atoms with E-state index in [1.54, 1.807) is 54.4 Å². The summed E-state index contributed by atoms with van der Waals surface area (Å²) >= 11 is 2.91. The Labute approximate surface area is 211 Å². The van der Waals surface area contributed by atoms with Crippen LogP contribution in [0, 0.1) is 5.92 Å². The van der Waals surface area contributed by atoms with Crippen molar-refractivity contribution in [2.75, 3.05) is 20.0 Å². The van der Waals surface area contributed by atoms with Crippen molar-refractivity contribution in [3.8, 4) is 17.2 Å². The van der Waals surface area contributed by atoms with E-state index in [2.05, 4.69) is 6.92 Å². The number of fused-ring (bicyclic) bond motifs is 3. The minimum Gasteiger partial charge on any atom is -0.497 e. The number of methoxy groups -OCH3 is 2. The van der Waals surface area contributed by atoms with Gasteiger partial charge in [-0.1, -0.05) is 18.7 Å². The van der Waals surface area contributed by atoms with E-state index in [4.69, 9.17) is 14.5 Å². The number of nitrogens with zero attached hydrogens (tertiary/aromatic N) is 2. The van der Waals surface area contributed by atoms with Gasteiger partial charge in [0.05, 0.1) is 31.0 Å². The zero-order valence-electron chi connectivity index (χ0n) is 19.9. The number of Topliss-reactive ketones (excluding diaryl/α,β-unsaturated/α-hetero) is 1. The molecule has 0 aliphatic heterocycles. The summed E-state index contributed by atoms with van der Waals surface area (Å²) in [5.74, 6) is 2.15. The summed E-state index contributed by atoms with van der Waals surface area (Å²) in [4.78, 5) is 33.7. The van der Waals surface area contributed by atoms with Crippen molar-refractivity contribution in [1.82, 2.24) is 9.55 Å². The molecule has 1 aliphatic rings. The quantitative estimate of drug-likeness (QED) is 0.186. The molecule has 0 radical (unpaired) electrons. The van der Waals surface area contributed by atoms with E-state index in [9.17, 15) is 9.59 Å². The molecule has 2 aromatic heterocycles. The number of hydrogen-bond donors (Lipinski definition) is 0. The Bertz CT molecular complexity index is 1440. The summed E-state index contributed by atoms with van der Waals surface area (Å²) < 4.78 is 12.1. The van der Waals surface area contributed by atoms with Crippen LogP contribution in [0.15, 0.2) is 58.5 Å². The maximum Gasteiger partial charge on any atom is 0.267 e. The molecule has 35 heavy (non-hydrogen) atoms. The topological polar surface area (TPSA) is 70.4 Å². The van der Waals surface area contributed by atoms with E-state index in [0.717, 1.165) is 35.0 Å². The first kappa shape index (κ1) is 23.6. The molecule has 6 nitrogen and oxygen atoms in total. The Morgan fingerprint density at radius 1 is 1.09 bits per heavy atom. The van der Waals surface area contributed by atoms with Crippen LogP contribution in [0.1, 0.15) is 34.1 Å². The van der Waals surface area contributed by atoms with Crippen molar-refractivity contribution < 1.29 is 14.3 Å². The Morgan fingerprint density at radius 3 is 2.40 bits per heavy atom. The minimum absolute atomic E-state index is 0.0346. The SMILES string of the molecule is COc1ccc(C(=O)CSc2nc3sc4c(c3c(=O)n2-c2ccc(OC)cc2)CCC(C)C4)cc1. The third-order valence-electron chi connectivity index (χ3n) is 6.37. The van der Waals surface area contributed by atoms with Crippen LogP contribution in [0.2, 0.25) is 0 Å². The fourth-order valence-electron chi connectivity index (χ4n) is 4.42. The summed E-state index contributed by atoms with van der Waals surface area (Å²) in [5.41, 5.74) is 2.37. The zero-order valence-corrected chi connectivity index (χ0v) is 21.5. The molecule has 1 unspecified atom stereocenters. The Balaban J connectivity index is 1.56. The molecular weight excluding hydrogens is 480 g/mol.